The van der Waals surface area contributed by atoms with Crippen LogP contribution in [-0.4, -0.2) is 53.1 Å². The second-order valence-electron chi connectivity index (χ2n) is 7.26. The minimum Gasteiger partial charge on any atom is -0.333 e. The normalized spacial score (nSPS) is 15.1. The van der Waals surface area contributed by atoms with E-state index in [2.05, 4.69) is 9.97 Å². The van der Waals surface area contributed by atoms with Crippen molar-refractivity contribution in [2.24, 2.45) is 0 Å². The molecule has 0 bridgehead atoms. The maximum Gasteiger partial charge on any atom is 0.253 e. The van der Waals surface area contributed by atoms with Crippen molar-refractivity contribution in [3.05, 3.63) is 64.2 Å². The summed E-state index contributed by atoms with van der Waals surface area (Å²) in [5.74, 6) is -0.232. The van der Waals surface area contributed by atoms with Crippen molar-refractivity contribution < 1.29 is 13.2 Å². The molecule has 0 radical (unpaired) electrons. The molecule has 5 rings (SSSR count). The zero-order chi connectivity index (χ0) is 22.3. The van der Waals surface area contributed by atoms with E-state index in [9.17, 15) is 13.2 Å². The number of halogens is 2. The number of pyridine rings is 1. The largest absolute Gasteiger partial charge is 0.333 e. The quantitative estimate of drug-likeness (QED) is 0.340. The molecule has 0 spiro atoms. The van der Waals surface area contributed by atoms with Gasteiger partial charge in [-0.05, 0) is 35.7 Å². The van der Waals surface area contributed by atoms with E-state index < -0.39 is 10.0 Å². The summed E-state index contributed by atoms with van der Waals surface area (Å²) in [6, 6.07) is 10.7. The van der Waals surface area contributed by atoms with E-state index in [0.717, 1.165) is 26.4 Å². The summed E-state index contributed by atoms with van der Waals surface area (Å²) in [4.78, 5) is 23.0. The van der Waals surface area contributed by atoms with Gasteiger partial charge in [0.2, 0.25) is 5.91 Å². The topological polar surface area (TPSA) is 83.5 Å². The number of benzene rings is 1. The van der Waals surface area contributed by atoms with Crippen LogP contribution in [0, 0.1) is 0 Å². The molecule has 3 aromatic heterocycles. The van der Waals surface area contributed by atoms with Gasteiger partial charge in [-0.15, -0.1) is 39.7 Å². The monoisotopic (exact) mass is 584 g/mol. The van der Waals surface area contributed by atoms with Gasteiger partial charge in [0.15, 0.2) is 0 Å². The van der Waals surface area contributed by atoms with Crippen molar-refractivity contribution in [3.63, 3.8) is 0 Å². The molecule has 4 heterocycles. The Bertz CT molecular complexity index is 1410. The number of fused-ring (bicyclic) bond motifs is 1. The first-order chi connectivity index (χ1) is 15.4. The number of hydrogen-bond donors (Lipinski definition) is 0. The van der Waals surface area contributed by atoms with Crippen LogP contribution in [0.4, 0.5) is 0 Å². The van der Waals surface area contributed by atoms with Gasteiger partial charge in [0.05, 0.1) is 18.8 Å². The van der Waals surface area contributed by atoms with Gasteiger partial charge in [-0.1, -0.05) is 17.7 Å². The average molecular weight is 586 g/mol. The highest BCUT2D eigenvalue weighted by Gasteiger charge is 2.34. The van der Waals surface area contributed by atoms with Gasteiger partial charge in [-0.3, -0.25) is 9.78 Å². The Balaban J connectivity index is 0.00000259. The molecule has 7 nitrogen and oxygen atoms in total. The van der Waals surface area contributed by atoms with Gasteiger partial charge in [0.25, 0.3) is 10.0 Å². The molecule has 4 aromatic rings. The molecular formula is C21H18BrClN4O3S3. The molecule has 1 aromatic carbocycles. The van der Waals surface area contributed by atoms with Crippen LogP contribution < -0.4 is 0 Å². The van der Waals surface area contributed by atoms with Crippen LogP contribution in [0.25, 0.3) is 21.3 Å². The van der Waals surface area contributed by atoms with Gasteiger partial charge < -0.3 is 4.90 Å². The minimum atomic E-state index is -3.76. The first-order valence-corrected chi connectivity index (χ1v) is 13.2. The molecular weight excluding hydrogens is 568 g/mol. The molecule has 33 heavy (non-hydrogen) atoms. The zero-order valence-electron chi connectivity index (χ0n) is 17.0. The van der Waals surface area contributed by atoms with Crippen LogP contribution in [-0.2, 0) is 21.4 Å². The van der Waals surface area contributed by atoms with Crippen LogP contribution in [0.3, 0.4) is 0 Å². The Morgan fingerprint density at radius 2 is 1.88 bits per heavy atom. The van der Waals surface area contributed by atoms with Crippen molar-refractivity contribution in [1.82, 2.24) is 19.2 Å². The summed E-state index contributed by atoms with van der Waals surface area (Å²) in [6.45, 7) is 0.744. The summed E-state index contributed by atoms with van der Waals surface area (Å²) in [7, 11) is -3.76. The number of thiazole rings is 1. The van der Waals surface area contributed by atoms with Crippen LogP contribution in [0.15, 0.2) is 58.4 Å². The molecule has 12 heteroatoms. The number of sulfonamides is 1. The maximum atomic E-state index is 13.1. The van der Waals surface area contributed by atoms with Crippen molar-refractivity contribution >= 4 is 77.3 Å². The molecule has 0 aliphatic carbocycles. The molecule has 1 fully saturated rings. The molecule has 0 N–H and O–H groups in total. The maximum absolute atomic E-state index is 13.1. The van der Waals surface area contributed by atoms with Gasteiger partial charge in [0.1, 0.15) is 9.22 Å². The van der Waals surface area contributed by atoms with Gasteiger partial charge in [-0.25, -0.2) is 13.4 Å². The summed E-state index contributed by atoms with van der Waals surface area (Å²) in [6.07, 6.45) is 3.42. The third kappa shape index (κ3) is 4.98. The zero-order valence-corrected chi connectivity index (χ0v) is 22.0. The lowest BCUT2D eigenvalue weighted by Crippen LogP contribution is -2.51. The number of nitrogens with zero attached hydrogens (tertiary/aromatic N) is 4. The predicted octanol–water partition coefficient (Wildman–Crippen LogP) is 4.68. The number of amides is 1. The summed E-state index contributed by atoms with van der Waals surface area (Å²) in [5, 5.41) is 4.13. The van der Waals surface area contributed by atoms with E-state index in [1.54, 1.807) is 41.6 Å². The molecule has 1 aliphatic heterocycles. The Labute approximate surface area is 214 Å². The van der Waals surface area contributed by atoms with E-state index in [0.29, 0.717) is 18.1 Å². The predicted molar refractivity (Wildman–Crippen MR) is 137 cm³/mol. The third-order valence-corrected chi connectivity index (χ3v) is 9.65. The van der Waals surface area contributed by atoms with E-state index >= 15 is 0 Å². The molecule has 1 saturated heterocycles. The van der Waals surface area contributed by atoms with Crippen LogP contribution in [0.5, 0.6) is 0 Å². The lowest BCUT2D eigenvalue weighted by atomic mass is 10.2. The fourth-order valence-corrected chi connectivity index (χ4v) is 7.52. The third-order valence-electron chi connectivity index (χ3n) is 5.19. The number of aromatic nitrogens is 2. The minimum absolute atomic E-state index is 0. The first kappa shape index (κ1) is 24.2. The summed E-state index contributed by atoms with van der Waals surface area (Å²) < 4.78 is 28.5. The van der Waals surface area contributed by atoms with E-state index in [1.807, 2.05) is 17.5 Å². The Kier molecular flexibility index (Phi) is 7.18. The second-order valence-corrected chi connectivity index (χ2v) is 11.9. The van der Waals surface area contributed by atoms with Crippen LogP contribution in [0.2, 0.25) is 5.02 Å². The Hall–Kier alpha value is -1.89. The van der Waals surface area contributed by atoms with E-state index in [1.165, 1.54) is 27.0 Å². The van der Waals surface area contributed by atoms with Crippen LogP contribution in [0.1, 0.15) is 5.01 Å². The van der Waals surface area contributed by atoms with Crippen LogP contribution >= 0.6 is 51.3 Å². The number of piperazine rings is 1. The summed E-state index contributed by atoms with van der Waals surface area (Å²) >= 11 is 8.66. The van der Waals surface area contributed by atoms with E-state index in [4.69, 9.17) is 11.6 Å². The highest BCUT2D eigenvalue weighted by atomic mass is 79.9. The number of carbonyl (C=O) groups is 1. The highest BCUT2D eigenvalue weighted by molar-refractivity contribution is 8.93. The lowest BCUT2D eigenvalue weighted by Gasteiger charge is -2.32. The lowest BCUT2D eigenvalue weighted by molar-refractivity contribution is -0.134. The van der Waals surface area contributed by atoms with Gasteiger partial charge >= 0.3 is 0 Å². The second kappa shape index (κ2) is 9.77. The smallest absolute Gasteiger partial charge is 0.253 e. The van der Waals surface area contributed by atoms with Crippen molar-refractivity contribution in [2.45, 2.75) is 10.8 Å². The molecule has 0 saturated carbocycles. The van der Waals surface area contributed by atoms with E-state index in [-0.39, 0.29) is 40.2 Å². The Morgan fingerprint density at radius 3 is 2.64 bits per heavy atom. The molecule has 1 aliphatic rings. The van der Waals surface area contributed by atoms with Crippen molar-refractivity contribution in [1.29, 1.82) is 0 Å². The molecule has 172 valence electrons. The molecule has 1 amide bonds. The SMILES string of the molecule is Br.O=C1CN(S(=O)(=O)c2cc3ccc(Cl)cc3s2)CCN1Cc1nc(-c2ccncc2)cs1. The number of thiophene rings is 1. The standard InChI is InChI=1S/C21H17ClN4O3S3.BrH/c22-16-2-1-15-9-21(31-18(15)10-16)32(28,29)26-8-7-25(20(27)12-26)11-19-24-17(13-30-19)14-3-5-23-6-4-14;/h1-6,9-10,13H,7-8,11-12H2;1H. The molecule has 0 unspecified atom stereocenters. The first-order valence-electron chi connectivity index (χ1n) is 9.72. The van der Waals surface area contributed by atoms with Gasteiger partial charge in [-0.2, -0.15) is 4.31 Å². The highest BCUT2D eigenvalue weighted by Crippen LogP contribution is 2.33. The number of rotatable bonds is 5. The van der Waals surface area contributed by atoms with Crippen molar-refractivity contribution in [2.75, 3.05) is 19.6 Å². The fourth-order valence-electron chi connectivity index (χ4n) is 3.50. The fraction of sp³-hybridized carbons (Fsp3) is 0.190. The van der Waals surface area contributed by atoms with Gasteiger partial charge in [0, 0.05) is 46.1 Å². The molecule has 0 atom stereocenters. The van der Waals surface area contributed by atoms with Crippen molar-refractivity contribution in [3.8, 4) is 11.3 Å². The number of hydrogen-bond acceptors (Lipinski definition) is 7. The Morgan fingerprint density at radius 1 is 1.09 bits per heavy atom. The number of carbonyl (C=O) groups excluding carboxylic acids is 1. The average Bonchev–Trinajstić information content (AvgIpc) is 3.43. The summed E-state index contributed by atoms with van der Waals surface area (Å²) in [5.41, 5.74) is 1.81.